The highest BCUT2D eigenvalue weighted by molar-refractivity contribution is 7.89. The van der Waals surface area contributed by atoms with Crippen molar-refractivity contribution in [3.8, 4) is 5.75 Å². The lowest BCUT2D eigenvalue weighted by molar-refractivity contribution is -0.119. The number of primary amides is 1. The summed E-state index contributed by atoms with van der Waals surface area (Å²) in [6.45, 7) is 3.28. The number of amides is 1. The van der Waals surface area contributed by atoms with Gasteiger partial charge in [-0.25, -0.2) is 8.42 Å². The minimum absolute atomic E-state index is 0.101. The van der Waals surface area contributed by atoms with Gasteiger partial charge < -0.3 is 20.1 Å². The molecular weight excluding hydrogens is 502 g/mol. The summed E-state index contributed by atoms with van der Waals surface area (Å²) >= 11 is 0. The van der Waals surface area contributed by atoms with Crippen molar-refractivity contribution < 1.29 is 22.7 Å². The number of benzene rings is 3. The molecule has 9 heteroatoms. The van der Waals surface area contributed by atoms with Gasteiger partial charge in [0.2, 0.25) is 15.9 Å². The third kappa shape index (κ3) is 5.41. The first-order valence-electron chi connectivity index (χ1n) is 12.9. The molecule has 0 unspecified atom stereocenters. The Hall–Kier alpha value is -3.40. The highest BCUT2D eigenvalue weighted by Crippen LogP contribution is 2.39. The van der Waals surface area contributed by atoms with Crippen LogP contribution in [0.15, 0.2) is 83.8 Å². The van der Waals surface area contributed by atoms with E-state index in [9.17, 15) is 13.2 Å². The second-order valence-electron chi connectivity index (χ2n) is 9.79. The molecular formula is C29H33N3O5S. The number of rotatable bonds is 8. The summed E-state index contributed by atoms with van der Waals surface area (Å²) in [6, 6.07) is 23.6. The number of carbonyl (C=O) groups excluding carboxylic acids is 1. The molecule has 3 aromatic carbocycles. The van der Waals surface area contributed by atoms with Gasteiger partial charge >= 0.3 is 0 Å². The first kappa shape index (κ1) is 26.2. The van der Waals surface area contributed by atoms with Crippen LogP contribution >= 0.6 is 0 Å². The van der Waals surface area contributed by atoms with Crippen LogP contribution in [0.5, 0.6) is 5.75 Å². The smallest absolute Gasteiger partial charge is 0.247 e. The minimum Gasteiger partial charge on any atom is -0.485 e. The molecule has 0 radical (unpaired) electrons. The Morgan fingerprint density at radius 2 is 1.79 bits per heavy atom. The Labute approximate surface area is 224 Å². The van der Waals surface area contributed by atoms with E-state index >= 15 is 0 Å². The van der Waals surface area contributed by atoms with Crippen LogP contribution in [0.1, 0.15) is 36.9 Å². The fourth-order valence-corrected chi connectivity index (χ4v) is 6.98. The first-order valence-corrected chi connectivity index (χ1v) is 14.3. The van der Waals surface area contributed by atoms with Crippen molar-refractivity contribution in [2.75, 3.05) is 24.6 Å². The van der Waals surface area contributed by atoms with Gasteiger partial charge in [0, 0.05) is 24.3 Å². The Morgan fingerprint density at radius 1 is 1.08 bits per heavy atom. The van der Waals surface area contributed by atoms with Crippen LogP contribution in [-0.2, 0) is 26.2 Å². The monoisotopic (exact) mass is 535 g/mol. The molecule has 2 N–H and O–H groups in total. The fraction of sp³-hybridized carbons (Fsp3) is 0.345. The van der Waals surface area contributed by atoms with Crippen LogP contribution in [0.4, 0.5) is 5.69 Å². The zero-order valence-electron chi connectivity index (χ0n) is 21.4. The van der Waals surface area contributed by atoms with Gasteiger partial charge in [0.1, 0.15) is 22.8 Å². The van der Waals surface area contributed by atoms with E-state index in [0.717, 1.165) is 17.5 Å². The number of carbonyl (C=O) groups is 1. The molecule has 3 aromatic rings. The van der Waals surface area contributed by atoms with E-state index in [1.165, 1.54) is 4.31 Å². The molecule has 200 valence electrons. The zero-order chi connectivity index (χ0) is 26.7. The third-order valence-electron chi connectivity index (χ3n) is 7.23. The second-order valence-corrected chi connectivity index (χ2v) is 11.6. The number of ether oxygens (including phenoxy) is 2. The summed E-state index contributed by atoms with van der Waals surface area (Å²) in [6.07, 6.45) is 0.966. The van der Waals surface area contributed by atoms with Crippen molar-refractivity contribution in [3.05, 3.63) is 90.0 Å². The molecule has 0 aromatic heterocycles. The van der Waals surface area contributed by atoms with Crippen molar-refractivity contribution >= 4 is 21.6 Å². The van der Waals surface area contributed by atoms with Gasteiger partial charge in [0.05, 0.1) is 19.8 Å². The highest BCUT2D eigenvalue weighted by atomic mass is 32.2. The molecule has 2 aliphatic heterocycles. The quantitative estimate of drug-likeness (QED) is 0.470. The van der Waals surface area contributed by atoms with E-state index in [2.05, 4.69) is 0 Å². The molecule has 2 heterocycles. The third-order valence-corrected chi connectivity index (χ3v) is 9.21. The van der Waals surface area contributed by atoms with Gasteiger partial charge in [-0.15, -0.1) is 0 Å². The summed E-state index contributed by atoms with van der Waals surface area (Å²) in [4.78, 5) is 14.0. The maximum atomic E-state index is 14.0. The SMILES string of the molecule is C[C@H](c1ccccc1)N1C[C@H](COCc2ccccc2)Oc2cc(N3CCC[C@H]3C(N)=O)ccc2S1(=O)=O. The lowest BCUT2D eigenvalue weighted by Gasteiger charge is -2.29. The van der Waals surface area contributed by atoms with Crippen molar-refractivity contribution in [2.24, 2.45) is 5.73 Å². The van der Waals surface area contributed by atoms with Crippen molar-refractivity contribution in [3.63, 3.8) is 0 Å². The number of hydrogen-bond acceptors (Lipinski definition) is 6. The predicted octanol–water partition coefficient (Wildman–Crippen LogP) is 3.87. The van der Waals surface area contributed by atoms with Gasteiger partial charge in [-0.05, 0) is 43.0 Å². The first-order chi connectivity index (χ1) is 18.3. The molecule has 38 heavy (non-hydrogen) atoms. The number of anilines is 1. The molecule has 1 fully saturated rings. The van der Waals surface area contributed by atoms with Crippen LogP contribution in [0.3, 0.4) is 0 Å². The van der Waals surface area contributed by atoms with E-state index in [1.807, 2.05) is 72.5 Å². The van der Waals surface area contributed by atoms with Crippen molar-refractivity contribution in [2.45, 2.75) is 49.5 Å². The minimum atomic E-state index is -3.90. The summed E-state index contributed by atoms with van der Waals surface area (Å²) in [5.41, 5.74) is 8.26. The molecule has 5 rings (SSSR count). The van der Waals surface area contributed by atoms with E-state index in [0.29, 0.717) is 25.3 Å². The van der Waals surface area contributed by atoms with Gasteiger partial charge in [-0.1, -0.05) is 60.7 Å². The van der Waals surface area contributed by atoms with Crippen LogP contribution in [-0.4, -0.2) is 50.5 Å². The number of nitrogens with zero attached hydrogens (tertiary/aromatic N) is 2. The molecule has 0 saturated carbocycles. The summed E-state index contributed by atoms with van der Waals surface area (Å²) < 4.78 is 41.8. The van der Waals surface area contributed by atoms with Gasteiger partial charge in [0.25, 0.3) is 0 Å². The normalized spacial score (nSPS) is 21.8. The van der Waals surface area contributed by atoms with Crippen LogP contribution in [0.25, 0.3) is 0 Å². The topological polar surface area (TPSA) is 102 Å². The maximum absolute atomic E-state index is 14.0. The molecule has 0 bridgehead atoms. The second kappa shape index (κ2) is 11.1. The van der Waals surface area contributed by atoms with Crippen molar-refractivity contribution in [1.82, 2.24) is 4.31 Å². The van der Waals surface area contributed by atoms with E-state index < -0.39 is 28.2 Å². The van der Waals surface area contributed by atoms with Crippen LogP contribution in [0, 0.1) is 0 Å². The molecule has 1 amide bonds. The van der Waals surface area contributed by atoms with E-state index in [4.69, 9.17) is 15.2 Å². The van der Waals surface area contributed by atoms with Crippen molar-refractivity contribution in [1.29, 1.82) is 0 Å². The Bertz CT molecular complexity index is 1370. The van der Waals surface area contributed by atoms with E-state index in [-0.39, 0.29) is 29.7 Å². The largest absolute Gasteiger partial charge is 0.485 e. The Kier molecular flexibility index (Phi) is 7.69. The maximum Gasteiger partial charge on any atom is 0.247 e. The predicted molar refractivity (Wildman–Crippen MR) is 145 cm³/mol. The summed E-state index contributed by atoms with van der Waals surface area (Å²) in [5, 5.41) is 0. The molecule has 0 aliphatic carbocycles. The zero-order valence-corrected chi connectivity index (χ0v) is 22.2. The Morgan fingerprint density at radius 3 is 2.50 bits per heavy atom. The number of sulfonamides is 1. The Balaban J connectivity index is 1.48. The molecule has 1 saturated heterocycles. The molecule has 3 atom stereocenters. The molecule has 0 spiro atoms. The van der Waals surface area contributed by atoms with Crippen LogP contribution < -0.4 is 15.4 Å². The highest BCUT2D eigenvalue weighted by Gasteiger charge is 2.39. The van der Waals surface area contributed by atoms with E-state index in [1.54, 1.807) is 18.2 Å². The number of fused-ring (bicyclic) bond motifs is 1. The molecule has 2 aliphatic rings. The van der Waals surface area contributed by atoms with Crippen LogP contribution in [0.2, 0.25) is 0 Å². The number of hydrogen-bond donors (Lipinski definition) is 1. The van der Waals surface area contributed by atoms with Gasteiger partial charge in [-0.2, -0.15) is 4.31 Å². The fourth-order valence-electron chi connectivity index (χ4n) is 5.23. The van der Waals surface area contributed by atoms with Gasteiger partial charge in [0.15, 0.2) is 0 Å². The lowest BCUT2D eigenvalue weighted by atomic mass is 10.1. The van der Waals surface area contributed by atoms with Gasteiger partial charge in [-0.3, -0.25) is 4.79 Å². The summed E-state index contributed by atoms with van der Waals surface area (Å²) in [7, 11) is -3.90. The molecule has 8 nitrogen and oxygen atoms in total. The number of nitrogens with two attached hydrogens (primary N) is 1. The average molecular weight is 536 g/mol. The average Bonchev–Trinajstić information content (AvgIpc) is 3.39. The standard InChI is InChI=1S/C29H33N3O5S/c1-21(23-11-6-3-7-12-23)32-18-25(20-36-19-22-9-4-2-5-10-22)37-27-17-24(14-15-28(27)38(32,34)35)31-16-8-13-26(31)29(30)33/h2-7,9-12,14-15,17,21,25-26H,8,13,16,18-20H2,1H3,(H2,30,33)/t21-,25-,26+/m1/s1. The lowest BCUT2D eigenvalue weighted by Crippen LogP contribution is -2.40. The summed E-state index contributed by atoms with van der Waals surface area (Å²) in [5.74, 6) is -0.130.